The van der Waals surface area contributed by atoms with Gasteiger partial charge >= 0.3 is 6.18 Å². The lowest BCUT2D eigenvalue weighted by Crippen LogP contribution is -2.47. The fourth-order valence-corrected chi connectivity index (χ4v) is 3.65. The van der Waals surface area contributed by atoms with Crippen molar-refractivity contribution in [3.63, 3.8) is 0 Å². The number of rotatable bonds is 2. The van der Waals surface area contributed by atoms with E-state index in [0.717, 1.165) is 25.1 Å². The van der Waals surface area contributed by atoms with Crippen molar-refractivity contribution >= 4 is 5.91 Å². The zero-order chi connectivity index (χ0) is 17.5. The number of amides is 1. The van der Waals surface area contributed by atoms with E-state index >= 15 is 0 Å². The number of halogens is 3. The van der Waals surface area contributed by atoms with Gasteiger partial charge in [-0.25, -0.2) is 0 Å². The van der Waals surface area contributed by atoms with Crippen molar-refractivity contribution < 1.29 is 18.0 Å². The quantitative estimate of drug-likeness (QED) is 0.764. The largest absolute Gasteiger partial charge is 0.417 e. The van der Waals surface area contributed by atoms with Gasteiger partial charge in [-0.05, 0) is 30.4 Å². The van der Waals surface area contributed by atoms with Crippen LogP contribution in [-0.2, 0) is 23.9 Å². The zero-order valence-corrected chi connectivity index (χ0v) is 13.9. The van der Waals surface area contributed by atoms with Crippen LogP contribution in [0.1, 0.15) is 43.5 Å². The Balaban J connectivity index is 1.86. The first-order valence-corrected chi connectivity index (χ1v) is 8.26. The second kappa shape index (κ2) is 5.90. The summed E-state index contributed by atoms with van der Waals surface area (Å²) >= 11 is 0. The molecule has 0 bridgehead atoms. The van der Waals surface area contributed by atoms with Gasteiger partial charge in [0.1, 0.15) is 0 Å². The van der Waals surface area contributed by atoms with Crippen LogP contribution in [-0.4, -0.2) is 22.3 Å². The Morgan fingerprint density at radius 1 is 1.38 bits per heavy atom. The first-order valence-electron chi connectivity index (χ1n) is 8.26. The summed E-state index contributed by atoms with van der Waals surface area (Å²) in [4.78, 5) is 18.7. The van der Waals surface area contributed by atoms with Crippen LogP contribution in [0.2, 0.25) is 0 Å². The summed E-state index contributed by atoms with van der Waals surface area (Å²) in [5, 5.41) is 0. The van der Waals surface area contributed by atoms with Crippen LogP contribution < -0.4 is 0 Å². The fraction of sp³-hybridized carbons (Fsp3) is 0.556. The van der Waals surface area contributed by atoms with E-state index in [-0.39, 0.29) is 18.4 Å². The molecule has 0 spiro atoms. The SMILES string of the molecule is CC(C)[C@]1(C(=O)N2CCc3ncc(C(F)(F)F)cc3C2)C=CCC1. The Morgan fingerprint density at radius 3 is 2.71 bits per heavy atom. The smallest absolute Gasteiger partial charge is 0.337 e. The minimum atomic E-state index is -4.42. The molecule has 2 aliphatic rings. The molecule has 0 N–H and O–H groups in total. The molecule has 1 aromatic rings. The summed E-state index contributed by atoms with van der Waals surface area (Å²) in [5.41, 5.74) is -0.111. The molecular formula is C18H21F3N2O. The molecule has 0 saturated heterocycles. The topological polar surface area (TPSA) is 33.2 Å². The number of alkyl halides is 3. The van der Waals surface area contributed by atoms with Crippen LogP contribution >= 0.6 is 0 Å². The first kappa shape index (κ1) is 17.0. The maximum Gasteiger partial charge on any atom is 0.417 e. The normalized spacial score (nSPS) is 23.7. The van der Waals surface area contributed by atoms with E-state index in [1.165, 1.54) is 0 Å². The Kier molecular flexibility index (Phi) is 4.18. The van der Waals surface area contributed by atoms with E-state index in [1.54, 1.807) is 4.90 Å². The third kappa shape index (κ3) is 2.82. The monoisotopic (exact) mass is 338 g/mol. The maximum absolute atomic E-state index is 13.1. The van der Waals surface area contributed by atoms with Gasteiger partial charge in [-0.2, -0.15) is 13.2 Å². The minimum absolute atomic E-state index is 0.0225. The number of carbonyl (C=O) groups excluding carboxylic acids is 1. The van der Waals surface area contributed by atoms with Gasteiger partial charge in [0.05, 0.1) is 11.0 Å². The van der Waals surface area contributed by atoms with E-state index in [2.05, 4.69) is 4.98 Å². The molecule has 0 fully saturated rings. The summed E-state index contributed by atoms with van der Waals surface area (Å²) in [6, 6.07) is 1.13. The van der Waals surface area contributed by atoms with Gasteiger partial charge in [-0.3, -0.25) is 9.78 Å². The van der Waals surface area contributed by atoms with Gasteiger partial charge in [-0.1, -0.05) is 26.0 Å². The lowest BCUT2D eigenvalue weighted by atomic mass is 9.75. The lowest BCUT2D eigenvalue weighted by Gasteiger charge is -2.38. The van der Waals surface area contributed by atoms with Crippen molar-refractivity contribution in [3.8, 4) is 0 Å². The Hall–Kier alpha value is -1.85. The van der Waals surface area contributed by atoms with Crippen molar-refractivity contribution in [1.82, 2.24) is 9.88 Å². The molecule has 3 nitrogen and oxygen atoms in total. The van der Waals surface area contributed by atoms with Crippen molar-refractivity contribution in [3.05, 3.63) is 41.2 Å². The van der Waals surface area contributed by atoms with E-state index in [0.29, 0.717) is 24.2 Å². The summed E-state index contributed by atoms with van der Waals surface area (Å²) in [7, 11) is 0. The average molecular weight is 338 g/mol. The molecule has 6 heteroatoms. The molecule has 130 valence electrons. The van der Waals surface area contributed by atoms with Crippen LogP contribution in [0.3, 0.4) is 0 Å². The predicted molar refractivity (Wildman–Crippen MR) is 84.0 cm³/mol. The zero-order valence-electron chi connectivity index (χ0n) is 13.9. The van der Waals surface area contributed by atoms with Crippen LogP contribution in [0.15, 0.2) is 24.4 Å². The number of fused-ring (bicyclic) bond motifs is 1. The molecule has 1 aliphatic heterocycles. The second-order valence-electron chi connectivity index (χ2n) is 6.94. The highest BCUT2D eigenvalue weighted by Gasteiger charge is 2.44. The van der Waals surface area contributed by atoms with Crippen LogP contribution in [0.4, 0.5) is 13.2 Å². The summed E-state index contributed by atoms with van der Waals surface area (Å²) in [5.74, 6) is 0.180. The highest BCUT2D eigenvalue weighted by Crippen LogP contribution is 2.42. The van der Waals surface area contributed by atoms with E-state index in [4.69, 9.17) is 0 Å². The number of carbonyl (C=O) groups is 1. The summed E-state index contributed by atoms with van der Waals surface area (Å²) in [6.45, 7) is 4.75. The maximum atomic E-state index is 13.1. The van der Waals surface area contributed by atoms with E-state index < -0.39 is 17.2 Å². The molecule has 2 heterocycles. The Labute approximate surface area is 139 Å². The molecule has 1 atom stereocenters. The highest BCUT2D eigenvalue weighted by molar-refractivity contribution is 5.85. The summed E-state index contributed by atoms with van der Waals surface area (Å²) in [6.07, 6.45) is 2.62. The predicted octanol–water partition coefficient (Wildman–Crippen LogP) is 3.98. The molecule has 0 saturated carbocycles. The number of allylic oxidation sites excluding steroid dienone is 1. The number of hydrogen-bond donors (Lipinski definition) is 0. The van der Waals surface area contributed by atoms with E-state index in [1.807, 2.05) is 26.0 Å². The molecular weight excluding hydrogens is 317 g/mol. The molecule has 0 aromatic carbocycles. The van der Waals surface area contributed by atoms with Gasteiger partial charge in [0.15, 0.2) is 0 Å². The van der Waals surface area contributed by atoms with Crippen LogP contribution in [0, 0.1) is 11.3 Å². The molecule has 1 aliphatic carbocycles. The molecule has 0 radical (unpaired) electrons. The van der Waals surface area contributed by atoms with Gasteiger partial charge in [0.25, 0.3) is 0 Å². The van der Waals surface area contributed by atoms with Gasteiger partial charge in [0.2, 0.25) is 5.91 Å². The van der Waals surface area contributed by atoms with Crippen molar-refractivity contribution in [2.24, 2.45) is 11.3 Å². The molecule has 24 heavy (non-hydrogen) atoms. The van der Waals surface area contributed by atoms with Crippen molar-refractivity contribution in [2.75, 3.05) is 6.54 Å². The van der Waals surface area contributed by atoms with Crippen LogP contribution in [0.5, 0.6) is 0 Å². The Bertz CT molecular complexity index is 681. The third-order valence-corrected chi connectivity index (χ3v) is 5.22. The number of aromatic nitrogens is 1. The minimum Gasteiger partial charge on any atom is -0.337 e. The average Bonchev–Trinajstić information content (AvgIpc) is 3.03. The third-order valence-electron chi connectivity index (χ3n) is 5.22. The number of hydrogen-bond acceptors (Lipinski definition) is 2. The summed E-state index contributed by atoms with van der Waals surface area (Å²) < 4.78 is 38.7. The number of nitrogens with zero attached hydrogens (tertiary/aromatic N) is 2. The highest BCUT2D eigenvalue weighted by atomic mass is 19.4. The lowest BCUT2D eigenvalue weighted by molar-refractivity contribution is -0.142. The van der Waals surface area contributed by atoms with Crippen molar-refractivity contribution in [2.45, 2.75) is 45.8 Å². The second-order valence-corrected chi connectivity index (χ2v) is 6.94. The Morgan fingerprint density at radius 2 is 2.12 bits per heavy atom. The van der Waals surface area contributed by atoms with E-state index in [9.17, 15) is 18.0 Å². The van der Waals surface area contributed by atoms with Gasteiger partial charge in [-0.15, -0.1) is 0 Å². The molecule has 0 unspecified atom stereocenters. The number of pyridine rings is 1. The molecule has 1 amide bonds. The van der Waals surface area contributed by atoms with Gasteiger partial charge < -0.3 is 4.90 Å². The van der Waals surface area contributed by atoms with Crippen LogP contribution in [0.25, 0.3) is 0 Å². The van der Waals surface area contributed by atoms with Crippen molar-refractivity contribution in [1.29, 1.82) is 0 Å². The first-order chi connectivity index (χ1) is 11.2. The molecule has 3 rings (SSSR count). The fourth-order valence-electron chi connectivity index (χ4n) is 3.65. The standard InChI is InChI=1S/C18H21F3N2O/c1-12(2)17(6-3-4-7-17)16(24)23-8-5-15-13(11-23)9-14(10-22-15)18(19,20)21/h3,6,9-10,12H,4-5,7-8,11H2,1-2H3/t17-/m0/s1. The molecule has 1 aromatic heterocycles. The van der Waals surface area contributed by atoms with Gasteiger partial charge in [0, 0.05) is 31.4 Å².